The van der Waals surface area contributed by atoms with Crippen LogP contribution < -0.4 is 5.32 Å². The number of hydrogen-bond acceptors (Lipinski definition) is 3. The number of nitrogens with one attached hydrogen (secondary N) is 1. The molecule has 1 rings (SSSR count). The third kappa shape index (κ3) is 4.74. The zero-order chi connectivity index (χ0) is 15.2. The van der Waals surface area contributed by atoms with Crippen LogP contribution in [0.4, 0.5) is 0 Å². The van der Waals surface area contributed by atoms with E-state index in [-0.39, 0.29) is 0 Å². The molecule has 0 spiro atoms. The van der Waals surface area contributed by atoms with E-state index in [1.54, 1.807) is 25.2 Å². The third-order valence-corrected chi connectivity index (χ3v) is 4.65. The number of sulfonamides is 1. The highest BCUT2D eigenvalue weighted by atomic mass is 32.2. The smallest absolute Gasteiger partial charge is 0.243 e. The van der Waals surface area contributed by atoms with E-state index in [1.807, 2.05) is 13.0 Å². The summed E-state index contributed by atoms with van der Waals surface area (Å²) in [5, 5.41) is 3.27. The Bertz CT molecular complexity index is 553. The van der Waals surface area contributed by atoms with E-state index in [9.17, 15) is 8.42 Å². The Morgan fingerprint density at radius 2 is 2.10 bits per heavy atom. The molecule has 0 saturated carbocycles. The van der Waals surface area contributed by atoms with E-state index < -0.39 is 10.0 Å². The monoisotopic (exact) mass is 296 g/mol. The van der Waals surface area contributed by atoms with E-state index >= 15 is 0 Å². The first-order valence-electron chi connectivity index (χ1n) is 6.78. The van der Waals surface area contributed by atoms with Crippen molar-refractivity contribution in [2.24, 2.45) is 0 Å². The number of benzene rings is 1. The summed E-state index contributed by atoms with van der Waals surface area (Å²) in [6, 6.07) is 7.07. The Kier molecular flexibility index (Phi) is 6.39. The van der Waals surface area contributed by atoms with Gasteiger partial charge in [0.2, 0.25) is 10.0 Å². The highest BCUT2D eigenvalue weighted by Gasteiger charge is 2.20. The average Bonchev–Trinajstić information content (AvgIpc) is 2.38. The predicted octanol–water partition coefficient (Wildman–Crippen LogP) is 2.38. The lowest BCUT2D eigenvalue weighted by molar-refractivity contribution is 0.493. The molecule has 1 N–H and O–H groups in total. The number of likely N-dealkylation sites (N-methyl/N-ethyl adjacent to an activating group) is 1. The van der Waals surface area contributed by atoms with Gasteiger partial charge in [-0.25, -0.2) is 8.42 Å². The predicted molar refractivity (Wildman–Crippen MR) is 83.1 cm³/mol. The minimum Gasteiger partial charge on any atom is -0.313 e. The quantitative estimate of drug-likeness (QED) is 0.592. The van der Waals surface area contributed by atoms with Gasteiger partial charge in [-0.3, -0.25) is 0 Å². The lowest BCUT2D eigenvalue weighted by Gasteiger charge is -2.17. The maximum Gasteiger partial charge on any atom is 0.243 e. The van der Waals surface area contributed by atoms with Crippen LogP contribution in [0.5, 0.6) is 0 Å². The summed E-state index contributed by atoms with van der Waals surface area (Å²) in [6.07, 6.45) is 1.05. The first-order valence-corrected chi connectivity index (χ1v) is 8.22. The van der Waals surface area contributed by atoms with E-state index in [4.69, 9.17) is 0 Å². The zero-order valence-corrected chi connectivity index (χ0v) is 13.3. The Morgan fingerprint density at radius 1 is 1.40 bits per heavy atom. The molecular formula is C15H24N2O2S. The van der Waals surface area contributed by atoms with Crippen LogP contribution in [0.2, 0.25) is 0 Å². The molecule has 0 bridgehead atoms. The summed E-state index contributed by atoms with van der Waals surface area (Å²) in [5.41, 5.74) is 1.79. The molecular weight excluding hydrogens is 272 g/mol. The van der Waals surface area contributed by atoms with Crippen LogP contribution in [0.15, 0.2) is 41.3 Å². The first-order chi connectivity index (χ1) is 9.37. The SMILES string of the molecule is C=C(C)CN(C)S(=O)(=O)c1cccc(CNCCC)c1. The van der Waals surface area contributed by atoms with Gasteiger partial charge in [0.05, 0.1) is 4.90 Å². The van der Waals surface area contributed by atoms with Gasteiger partial charge < -0.3 is 5.32 Å². The second-order valence-corrected chi connectivity index (χ2v) is 7.09. The number of hydrogen-bond donors (Lipinski definition) is 1. The second-order valence-electron chi connectivity index (χ2n) is 5.04. The molecule has 0 unspecified atom stereocenters. The van der Waals surface area contributed by atoms with E-state index in [1.165, 1.54) is 4.31 Å². The summed E-state index contributed by atoms with van der Waals surface area (Å²) in [5.74, 6) is 0. The van der Waals surface area contributed by atoms with E-state index in [0.717, 1.165) is 24.1 Å². The molecule has 0 fully saturated rings. The summed E-state index contributed by atoms with van der Waals surface area (Å²) >= 11 is 0. The molecule has 0 aromatic heterocycles. The Morgan fingerprint density at radius 3 is 2.70 bits per heavy atom. The molecule has 0 atom stereocenters. The van der Waals surface area contributed by atoms with Gasteiger partial charge in [0.1, 0.15) is 0 Å². The van der Waals surface area contributed by atoms with Crippen LogP contribution in [-0.2, 0) is 16.6 Å². The Labute approximate surface area is 122 Å². The van der Waals surface area contributed by atoms with E-state index in [0.29, 0.717) is 18.0 Å². The molecule has 112 valence electrons. The molecule has 0 aliphatic heterocycles. The van der Waals surface area contributed by atoms with Crippen molar-refractivity contribution in [2.45, 2.75) is 31.7 Å². The molecule has 20 heavy (non-hydrogen) atoms. The molecule has 0 aliphatic rings. The van der Waals surface area contributed by atoms with E-state index in [2.05, 4.69) is 18.8 Å². The summed E-state index contributed by atoms with van der Waals surface area (Å²) in [6.45, 7) is 9.61. The molecule has 5 heteroatoms. The lowest BCUT2D eigenvalue weighted by atomic mass is 10.2. The van der Waals surface area contributed by atoms with Crippen molar-refractivity contribution in [3.63, 3.8) is 0 Å². The fourth-order valence-electron chi connectivity index (χ4n) is 1.87. The first kappa shape index (κ1) is 16.9. The maximum absolute atomic E-state index is 12.4. The van der Waals surface area contributed by atoms with Gasteiger partial charge in [-0.1, -0.05) is 31.2 Å². The Hall–Kier alpha value is -1.17. The normalized spacial score (nSPS) is 11.8. The highest BCUT2D eigenvalue weighted by molar-refractivity contribution is 7.89. The molecule has 0 radical (unpaired) electrons. The number of rotatable bonds is 8. The molecule has 0 amide bonds. The minimum absolute atomic E-state index is 0.331. The van der Waals surface area contributed by atoms with Crippen LogP contribution in [0.3, 0.4) is 0 Å². The van der Waals surface area contributed by atoms with Gasteiger partial charge in [-0.2, -0.15) is 4.31 Å². The van der Waals surface area contributed by atoms with Crippen molar-refractivity contribution in [2.75, 3.05) is 20.1 Å². The van der Waals surface area contributed by atoms with Gasteiger partial charge in [0.25, 0.3) is 0 Å². The van der Waals surface area contributed by atoms with Crippen LogP contribution in [0.25, 0.3) is 0 Å². The highest BCUT2D eigenvalue weighted by Crippen LogP contribution is 2.16. The van der Waals surface area contributed by atoms with Gasteiger partial charge in [0, 0.05) is 20.1 Å². The van der Waals surface area contributed by atoms with Crippen molar-refractivity contribution in [1.82, 2.24) is 9.62 Å². The van der Waals surface area contributed by atoms with Gasteiger partial charge in [0.15, 0.2) is 0 Å². The number of nitrogens with zero attached hydrogens (tertiary/aromatic N) is 1. The summed E-state index contributed by atoms with van der Waals surface area (Å²) in [4.78, 5) is 0.331. The molecule has 0 aliphatic carbocycles. The van der Waals surface area contributed by atoms with Crippen molar-refractivity contribution in [1.29, 1.82) is 0 Å². The lowest BCUT2D eigenvalue weighted by Crippen LogP contribution is -2.28. The topological polar surface area (TPSA) is 49.4 Å². The van der Waals surface area contributed by atoms with Crippen molar-refractivity contribution < 1.29 is 8.42 Å². The standard InChI is InChI=1S/C15H24N2O2S/c1-5-9-16-11-14-7-6-8-15(10-14)20(18,19)17(4)12-13(2)3/h6-8,10,16H,2,5,9,11-12H2,1,3-4H3. The fraction of sp³-hybridized carbons (Fsp3) is 0.467. The Balaban J connectivity index is 2.89. The fourth-order valence-corrected chi connectivity index (χ4v) is 3.17. The second kappa shape index (κ2) is 7.57. The zero-order valence-electron chi connectivity index (χ0n) is 12.5. The summed E-state index contributed by atoms with van der Waals surface area (Å²) < 4.78 is 26.2. The van der Waals surface area contributed by atoms with Crippen LogP contribution >= 0.6 is 0 Å². The largest absolute Gasteiger partial charge is 0.313 e. The average molecular weight is 296 g/mol. The van der Waals surface area contributed by atoms with Gasteiger partial charge in [-0.05, 0) is 37.6 Å². The maximum atomic E-state index is 12.4. The minimum atomic E-state index is -3.44. The molecule has 0 heterocycles. The van der Waals surface area contributed by atoms with Crippen molar-refractivity contribution in [3.05, 3.63) is 42.0 Å². The third-order valence-electron chi connectivity index (χ3n) is 2.86. The van der Waals surface area contributed by atoms with Crippen molar-refractivity contribution >= 4 is 10.0 Å². The van der Waals surface area contributed by atoms with Crippen LogP contribution in [0.1, 0.15) is 25.8 Å². The molecule has 1 aromatic carbocycles. The van der Waals surface area contributed by atoms with Gasteiger partial charge in [-0.15, -0.1) is 0 Å². The van der Waals surface area contributed by atoms with Crippen LogP contribution in [-0.4, -0.2) is 32.9 Å². The van der Waals surface area contributed by atoms with Crippen LogP contribution in [0, 0.1) is 0 Å². The van der Waals surface area contributed by atoms with Crippen molar-refractivity contribution in [3.8, 4) is 0 Å². The summed E-state index contributed by atoms with van der Waals surface area (Å²) in [7, 11) is -1.87. The molecule has 1 aromatic rings. The molecule has 0 saturated heterocycles. The molecule has 4 nitrogen and oxygen atoms in total. The van der Waals surface area contributed by atoms with Gasteiger partial charge >= 0.3 is 0 Å².